The normalized spacial score (nSPS) is 24.4. The highest BCUT2D eigenvalue weighted by atomic mass is 16.6. The molecule has 1 heteroatoms. The van der Waals surface area contributed by atoms with Crippen molar-refractivity contribution in [1.29, 1.82) is 0 Å². The van der Waals surface area contributed by atoms with E-state index in [-0.39, 0.29) is 0 Å². The van der Waals surface area contributed by atoms with Crippen molar-refractivity contribution in [3.8, 4) is 0 Å². The van der Waals surface area contributed by atoms with Gasteiger partial charge in [0, 0.05) is 0 Å². The summed E-state index contributed by atoms with van der Waals surface area (Å²) in [7, 11) is 0. The third kappa shape index (κ3) is 6.19. The van der Waals surface area contributed by atoms with Gasteiger partial charge in [-0.05, 0) is 12.8 Å². The summed E-state index contributed by atoms with van der Waals surface area (Å²) in [4.78, 5) is 0. The second-order valence-electron chi connectivity index (χ2n) is 4.91. The van der Waals surface area contributed by atoms with E-state index in [4.69, 9.17) is 4.74 Å². The molecule has 0 spiro atoms. The zero-order chi connectivity index (χ0) is 10.9. The van der Waals surface area contributed by atoms with E-state index in [2.05, 4.69) is 13.8 Å². The maximum atomic E-state index is 5.65. The van der Waals surface area contributed by atoms with Gasteiger partial charge in [0.05, 0.1) is 12.2 Å². The van der Waals surface area contributed by atoms with E-state index in [1.165, 1.54) is 64.2 Å². The molecule has 90 valence electrons. The van der Waals surface area contributed by atoms with E-state index in [0.717, 1.165) is 0 Å². The van der Waals surface area contributed by atoms with E-state index in [1.807, 2.05) is 0 Å². The largest absolute Gasteiger partial charge is 0.370 e. The fourth-order valence-electron chi connectivity index (χ4n) is 2.22. The lowest BCUT2D eigenvalue weighted by Gasteiger charge is -1.98. The zero-order valence-corrected chi connectivity index (χ0v) is 10.6. The highest BCUT2D eigenvalue weighted by Gasteiger charge is 2.36. The molecule has 1 aliphatic rings. The van der Waals surface area contributed by atoms with Gasteiger partial charge in [0.2, 0.25) is 0 Å². The van der Waals surface area contributed by atoms with Crippen molar-refractivity contribution in [2.45, 2.75) is 90.3 Å². The average molecular weight is 212 g/mol. The topological polar surface area (TPSA) is 12.5 Å². The van der Waals surface area contributed by atoms with E-state index >= 15 is 0 Å². The molecular formula is C14H28O. The van der Waals surface area contributed by atoms with Crippen LogP contribution in [0.5, 0.6) is 0 Å². The second-order valence-corrected chi connectivity index (χ2v) is 4.91. The van der Waals surface area contributed by atoms with Crippen molar-refractivity contribution in [3.05, 3.63) is 0 Å². The van der Waals surface area contributed by atoms with Gasteiger partial charge in [-0.1, -0.05) is 65.2 Å². The number of ether oxygens (including phenoxy) is 1. The Bertz CT molecular complexity index is 144. The third-order valence-electron chi connectivity index (χ3n) is 3.37. The maximum absolute atomic E-state index is 5.65. The van der Waals surface area contributed by atoms with E-state index in [9.17, 15) is 0 Å². The fourth-order valence-corrected chi connectivity index (χ4v) is 2.22. The molecule has 0 aliphatic carbocycles. The maximum Gasteiger partial charge on any atom is 0.0841 e. The predicted octanol–water partition coefficient (Wildman–Crippen LogP) is 4.69. The van der Waals surface area contributed by atoms with Crippen LogP contribution in [0.1, 0.15) is 78.1 Å². The Kier molecular flexibility index (Phi) is 7.08. The highest BCUT2D eigenvalue weighted by Crippen LogP contribution is 2.31. The van der Waals surface area contributed by atoms with Crippen molar-refractivity contribution in [2.75, 3.05) is 0 Å². The summed E-state index contributed by atoms with van der Waals surface area (Å²) < 4.78 is 5.65. The number of hydrogen-bond donors (Lipinski definition) is 0. The van der Waals surface area contributed by atoms with Crippen LogP contribution in [0.4, 0.5) is 0 Å². The molecule has 0 aromatic rings. The SMILES string of the molecule is CCCCCCCCC1OC1CCCC. The van der Waals surface area contributed by atoms with Crippen LogP contribution in [-0.2, 0) is 4.74 Å². The van der Waals surface area contributed by atoms with Crippen LogP contribution in [0.2, 0.25) is 0 Å². The monoisotopic (exact) mass is 212 g/mol. The Labute approximate surface area is 95.6 Å². The Balaban J connectivity index is 1.78. The van der Waals surface area contributed by atoms with Gasteiger partial charge in [0.1, 0.15) is 0 Å². The fraction of sp³-hybridized carbons (Fsp3) is 1.00. The van der Waals surface area contributed by atoms with Gasteiger partial charge in [-0.25, -0.2) is 0 Å². The summed E-state index contributed by atoms with van der Waals surface area (Å²) in [5, 5.41) is 0. The summed E-state index contributed by atoms with van der Waals surface area (Å²) in [5.74, 6) is 0. The molecule has 0 bridgehead atoms. The van der Waals surface area contributed by atoms with E-state index in [1.54, 1.807) is 0 Å². The summed E-state index contributed by atoms with van der Waals surface area (Å²) in [6.07, 6.45) is 15.0. The molecule has 1 saturated heterocycles. The smallest absolute Gasteiger partial charge is 0.0841 e. The first-order chi connectivity index (χ1) is 7.38. The van der Waals surface area contributed by atoms with Crippen molar-refractivity contribution >= 4 is 0 Å². The summed E-state index contributed by atoms with van der Waals surface area (Å²) >= 11 is 0. The number of rotatable bonds is 10. The molecule has 1 heterocycles. The molecule has 0 saturated carbocycles. The van der Waals surface area contributed by atoms with Crippen molar-refractivity contribution in [1.82, 2.24) is 0 Å². The molecule has 1 nitrogen and oxygen atoms in total. The first-order valence-corrected chi connectivity index (χ1v) is 7.04. The molecule has 1 aliphatic heterocycles. The number of unbranched alkanes of at least 4 members (excludes halogenated alkanes) is 6. The Hall–Kier alpha value is -0.0400. The molecule has 1 fully saturated rings. The standard InChI is InChI=1S/C14H28O/c1-3-5-7-8-9-10-12-14-13(15-14)11-6-4-2/h13-14H,3-12H2,1-2H3. The van der Waals surface area contributed by atoms with Crippen LogP contribution in [0.3, 0.4) is 0 Å². The first kappa shape index (κ1) is 13.0. The van der Waals surface area contributed by atoms with Crippen molar-refractivity contribution in [2.24, 2.45) is 0 Å². The zero-order valence-electron chi connectivity index (χ0n) is 10.6. The summed E-state index contributed by atoms with van der Waals surface area (Å²) in [6.45, 7) is 4.53. The minimum absolute atomic E-state index is 0.639. The summed E-state index contributed by atoms with van der Waals surface area (Å²) in [5.41, 5.74) is 0. The van der Waals surface area contributed by atoms with E-state index in [0.29, 0.717) is 12.2 Å². The second kappa shape index (κ2) is 8.15. The quantitative estimate of drug-likeness (QED) is 0.378. The molecule has 0 aromatic carbocycles. The summed E-state index contributed by atoms with van der Waals surface area (Å²) in [6, 6.07) is 0. The van der Waals surface area contributed by atoms with Gasteiger partial charge in [0.25, 0.3) is 0 Å². The minimum Gasteiger partial charge on any atom is -0.370 e. The lowest BCUT2D eigenvalue weighted by Crippen LogP contribution is -1.94. The lowest BCUT2D eigenvalue weighted by atomic mass is 10.1. The van der Waals surface area contributed by atoms with Crippen molar-refractivity contribution in [3.63, 3.8) is 0 Å². The third-order valence-corrected chi connectivity index (χ3v) is 3.37. The Morgan fingerprint density at radius 1 is 0.667 bits per heavy atom. The molecular weight excluding hydrogens is 184 g/mol. The predicted molar refractivity (Wildman–Crippen MR) is 66.2 cm³/mol. The van der Waals surface area contributed by atoms with Crippen LogP contribution in [0.15, 0.2) is 0 Å². The molecule has 0 N–H and O–H groups in total. The molecule has 0 aromatic heterocycles. The van der Waals surface area contributed by atoms with Gasteiger partial charge >= 0.3 is 0 Å². The number of epoxide rings is 1. The van der Waals surface area contributed by atoms with Crippen LogP contribution in [0.25, 0.3) is 0 Å². The van der Waals surface area contributed by atoms with Gasteiger partial charge in [0.15, 0.2) is 0 Å². The van der Waals surface area contributed by atoms with Gasteiger partial charge in [-0.2, -0.15) is 0 Å². The van der Waals surface area contributed by atoms with Crippen molar-refractivity contribution < 1.29 is 4.74 Å². The van der Waals surface area contributed by atoms with Crippen LogP contribution < -0.4 is 0 Å². The highest BCUT2D eigenvalue weighted by molar-refractivity contribution is 4.84. The number of hydrogen-bond acceptors (Lipinski definition) is 1. The molecule has 2 unspecified atom stereocenters. The molecule has 2 atom stereocenters. The minimum atomic E-state index is 0.639. The Morgan fingerprint density at radius 2 is 1.20 bits per heavy atom. The van der Waals surface area contributed by atoms with Crippen LogP contribution >= 0.6 is 0 Å². The average Bonchev–Trinajstić information content (AvgIpc) is 2.99. The van der Waals surface area contributed by atoms with Crippen LogP contribution in [0, 0.1) is 0 Å². The molecule has 0 radical (unpaired) electrons. The van der Waals surface area contributed by atoms with Crippen LogP contribution in [-0.4, -0.2) is 12.2 Å². The molecule has 0 amide bonds. The lowest BCUT2D eigenvalue weighted by molar-refractivity contribution is 0.349. The van der Waals surface area contributed by atoms with E-state index < -0.39 is 0 Å². The van der Waals surface area contributed by atoms with Gasteiger partial charge in [-0.15, -0.1) is 0 Å². The Morgan fingerprint density at radius 3 is 1.87 bits per heavy atom. The molecule has 1 rings (SSSR count). The van der Waals surface area contributed by atoms with Gasteiger partial charge < -0.3 is 4.74 Å². The molecule has 15 heavy (non-hydrogen) atoms. The first-order valence-electron chi connectivity index (χ1n) is 7.04. The van der Waals surface area contributed by atoms with Gasteiger partial charge in [-0.3, -0.25) is 0 Å².